The summed E-state index contributed by atoms with van der Waals surface area (Å²) in [6.45, 7) is 3.06. The third-order valence-corrected chi connectivity index (χ3v) is 2.88. The number of aromatic nitrogens is 4. The van der Waals surface area contributed by atoms with E-state index in [0.29, 0.717) is 19.0 Å². The molecule has 0 aliphatic carbocycles. The Hall–Kier alpha value is -2.70. The first-order valence-electron chi connectivity index (χ1n) is 8.18. The third-order valence-electron chi connectivity index (χ3n) is 2.88. The van der Waals surface area contributed by atoms with Crippen molar-refractivity contribution < 1.29 is 35.7 Å². The van der Waals surface area contributed by atoms with E-state index in [0.717, 1.165) is 11.3 Å². The van der Waals surface area contributed by atoms with Crippen molar-refractivity contribution in [1.82, 2.24) is 19.7 Å². The first-order chi connectivity index (χ1) is 13.2. The van der Waals surface area contributed by atoms with E-state index in [4.69, 9.17) is 16.7 Å². The molecule has 0 saturated carbocycles. The predicted molar refractivity (Wildman–Crippen MR) is 105 cm³/mol. The Bertz CT molecular complexity index is 823. The molecule has 0 aliphatic heterocycles. The van der Waals surface area contributed by atoms with E-state index in [9.17, 15) is 0 Å². The smallest absolute Gasteiger partial charge is 1.00 e. The Balaban J connectivity index is 0. The zero-order chi connectivity index (χ0) is 19.7. The maximum absolute atomic E-state index is 7.88. The Kier molecular flexibility index (Phi) is 14.9. The normalized spacial score (nSPS) is 9.04. The molecule has 0 bridgehead atoms. The van der Waals surface area contributed by atoms with Gasteiger partial charge in [0.2, 0.25) is 0 Å². The third kappa shape index (κ3) is 11.1. The van der Waals surface area contributed by atoms with Gasteiger partial charge in [0.05, 0.1) is 36.9 Å². The molecule has 142 valence electrons. The quantitative estimate of drug-likeness (QED) is 0.352. The Morgan fingerprint density at radius 2 is 1.93 bits per heavy atom. The number of nitrogen functional groups attached to an aromatic ring is 1. The van der Waals surface area contributed by atoms with Gasteiger partial charge in [0.15, 0.2) is 0 Å². The second kappa shape index (κ2) is 16.5. The molecule has 8 nitrogen and oxygen atoms in total. The average Bonchev–Trinajstić information content (AvgIpc) is 3.17. The van der Waals surface area contributed by atoms with Crippen molar-refractivity contribution in [2.45, 2.75) is 13.5 Å². The number of nitrogens with zero attached hydrogens (tertiary/aromatic N) is 5. The monoisotopic (exact) mass is 389 g/mol. The average molecular weight is 389 g/mol. The summed E-state index contributed by atoms with van der Waals surface area (Å²) in [5.41, 5.74) is 12.8. The summed E-state index contributed by atoms with van der Waals surface area (Å²) in [6, 6.07) is 11.1. The number of pyridine rings is 2. The molecule has 0 saturated heterocycles. The van der Waals surface area contributed by atoms with Crippen LogP contribution in [0.2, 0.25) is 0 Å². The van der Waals surface area contributed by atoms with Gasteiger partial charge in [-0.25, -0.2) is 4.68 Å². The van der Waals surface area contributed by atoms with Gasteiger partial charge in [-0.15, -0.1) is 0 Å². The van der Waals surface area contributed by atoms with E-state index in [1.165, 1.54) is 12.3 Å². The van der Waals surface area contributed by atoms with Crippen LogP contribution in [-0.2, 0) is 11.3 Å². The van der Waals surface area contributed by atoms with E-state index < -0.39 is 0 Å². The fourth-order valence-electron chi connectivity index (χ4n) is 1.66. The van der Waals surface area contributed by atoms with E-state index in [1.807, 2.05) is 31.2 Å². The molecule has 0 atom stereocenters. The van der Waals surface area contributed by atoms with E-state index in [1.54, 1.807) is 47.8 Å². The molecule has 0 unspecified atom stereocenters. The van der Waals surface area contributed by atoms with Gasteiger partial charge in [-0.05, 0) is 30.7 Å². The molecular formula is C19H24N7NaO. The van der Waals surface area contributed by atoms with Crippen LogP contribution in [0.25, 0.3) is 5.69 Å². The van der Waals surface area contributed by atoms with Crippen molar-refractivity contribution in [3.63, 3.8) is 0 Å². The number of rotatable bonds is 4. The van der Waals surface area contributed by atoms with E-state index in [2.05, 4.69) is 19.8 Å². The molecule has 4 N–H and O–H groups in total. The van der Waals surface area contributed by atoms with Crippen LogP contribution < -0.4 is 41.0 Å². The largest absolute Gasteiger partial charge is 1.00 e. The Morgan fingerprint density at radius 3 is 2.36 bits per heavy atom. The van der Waals surface area contributed by atoms with Crippen LogP contribution in [0.3, 0.4) is 0 Å². The second-order valence-corrected chi connectivity index (χ2v) is 4.85. The summed E-state index contributed by atoms with van der Waals surface area (Å²) in [6.07, 6.45) is 11.4. The van der Waals surface area contributed by atoms with Crippen LogP contribution in [0.5, 0.6) is 0 Å². The summed E-state index contributed by atoms with van der Waals surface area (Å²) in [5.74, 6) is 0.513. The number of ether oxygens (including phenoxy) is 1. The topological polar surface area (TPSA) is 129 Å². The zero-order valence-electron chi connectivity index (χ0n) is 17.1. The molecule has 0 spiro atoms. The van der Waals surface area contributed by atoms with Gasteiger partial charge in [-0.2, -0.15) is 10.4 Å². The molecule has 0 aromatic carbocycles. The van der Waals surface area contributed by atoms with Gasteiger partial charge in [0.25, 0.3) is 0 Å². The molecule has 3 aromatic rings. The first kappa shape index (κ1) is 25.3. The minimum absolute atomic E-state index is 0. The summed E-state index contributed by atoms with van der Waals surface area (Å²) in [7, 11) is 0. The number of hydrogen-bond acceptors (Lipinski definition) is 7. The number of nitriles is 1. The molecule has 3 aromatic heterocycles. The number of anilines is 1. The number of allylic oxidation sites excluding steroid dienone is 1. The van der Waals surface area contributed by atoms with Crippen molar-refractivity contribution in [3.8, 4) is 11.8 Å². The summed E-state index contributed by atoms with van der Waals surface area (Å²) < 4.78 is 6.35. The number of hydrogen-bond donors (Lipinski definition) is 2. The van der Waals surface area contributed by atoms with Crippen molar-refractivity contribution in [2.24, 2.45) is 5.73 Å². The molecule has 3 heterocycles. The van der Waals surface area contributed by atoms with Crippen molar-refractivity contribution in [3.05, 3.63) is 79.2 Å². The maximum atomic E-state index is 7.88. The van der Waals surface area contributed by atoms with E-state index >= 15 is 0 Å². The van der Waals surface area contributed by atoms with Crippen LogP contribution in [-0.4, -0.2) is 26.4 Å². The van der Waals surface area contributed by atoms with E-state index in [-0.39, 0.29) is 31.0 Å². The second-order valence-electron chi connectivity index (χ2n) is 4.85. The summed E-state index contributed by atoms with van der Waals surface area (Å²) >= 11 is 0. The van der Waals surface area contributed by atoms with Crippen LogP contribution in [0.15, 0.2) is 73.7 Å². The molecule has 3 rings (SSSR count). The minimum atomic E-state index is 0. The van der Waals surface area contributed by atoms with Gasteiger partial charge in [0, 0.05) is 37.4 Å². The maximum Gasteiger partial charge on any atom is 1.00 e. The van der Waals surface area contributed by atoms with Crippen LogP contribution >= 0.6 is 0 Å². The molecule has 0 aliphatic rings. The van der Waals surface area contributed by atoms with Gasteiger partial charge in [0.1, 0.15) is 5.82 Å². The summed E-state index contributed by atoms with van der Waals surface area (Å²) in [4.78, 5) is 7.84. The molecule has 9 heteroatoms. The minimum Gasteiger partial charge on any atom is -1.00 e. The van der Waals surface area contributed by atoms with Crippen molar-refractivity contribution >= 4 is 5.82 Å². The van der Waals surface area contributed by atoms with Crippen LogP contribution in [0, 0.1) is 11.3 Å². The first-order valence-corrected chi connectivity index (χ1v) is 8.18. The van der Waals surface area contributed by atoms with Crippen molar-refractivity contribution in [1.29, 1.82) is 5.26 Å². The fourth-order valence-corrected chi connectivity index (χ4v) is 1.66. The van der Waals surface area contributed by atoms with Gasteiger partial charge < -0.3 is 17.6 Å². The predicted octanol–water partition coefficient (Wildman–Crippen LogP) is -0.434. The molecule has 0 amide bonds. The zero-order valence-corrected chi connectivity index (χ0v) is 18.1. The Labute approximate surface area is 188 Å². The van der Waals surface area contributed by atoms with Gasteiger partial charge in [-0.3, -0.25) is 9.97 Å². The summed E-state index contributed by atoms with van der Waals surface area (Å²) in [5, 5.41) is 11.9. The van der Waals surface area contributed by atoms with Gasteiger partial charge >= 0.3 is 29.6 Å². The van der Waals surface area contributed by atoms with Crippen LogP contribution in [0.1, 0.15) is 13.9 Å². The molecular weight excluding hydrogens is 365 g/mol. The number of nitrogens with two attached hydrogens (primary N) is 2. The van der Waals surface area contributed by atoms with Gasteiger partial charge in [-0.1, -0.05) is 6.07 Å². The van der Waals surface area contributed by atoms with Crippen LogP contribution in [0.4, 0.5) is 5.82 Å². The molecule has 28 heavy (non-hydrogen) atoms. The molecule has 0 fully saturated rings. The SMILES string of the molecule is CCO/C=C/C#N.NCc1cccnc1.Nc1ccn(-c2cccnc2)n1.[H-].[Na+]. The Morgan fingerprint density at radius 1 is 1.21 bits per heavy atom. The fraction of sp³-hybridized carbons (Fsp3) is 0.158. The molecule has 0 radical (unpaired) electrons. The standard InChI is InChI=1S/C8H8N4.C6H8N2.C5H7NO.Na.H/c9-8-3-5-12(11-8)7-2-1-4-10-6-7;7-4-6-2-1-3-8-5-6;1-2-7-5-3-4-6;;/h1-6H,(H2,9,11);1-3,5H,4,7H2;3,5H,2H2,1H3;;/q;;;+1;-1/b;;5-3+;;. The van der Waals surface area contributed by atoms with Crippen molar-refractivity contribution in [2.75, 3.05) is 12.3 Å².